The smallest absolute Gasteiger partial charge is 0.409 e. The summed E-state index contributed by atoms with van der Waals surface area (Å²) < 4.78 is 37.7. The lowest BCUT2D eigenvalue weighted by Gasteiger charge is -2.26. The van der Waals surface area contributed by atoms with Crippen LogP contribution in [-0.2, 0) is 6.18 Å². The van der Waals surface area contributed by atoms with Crippen LogP contribution < -0.4 is 10.6 Å². The van der Waals surface area contributed by atoms with Crippen LogP contribution in [0.25, 0.3) is 0 Å². The molecule has 0 aromatic carbocycles. The molecule has 0 amide bonds. The number of halogens is 4. The standard InChI is InChI=1S/C12H16ClF3N4O/c1-3-20(6-7(2)10(17)19-21)11-9(13)4-8(5-18-11)12(14,15)16/h4-5,7,21H,3,6H2,1-2H3,(H2,17,19). The van der Waals surface area contributed by atoms with Gasteiger partial charge in [-0.05, 0) is 13.0 Å². The SMILES string of the molecule is CCN(CC(C)C(N)=NO)c1ncc(C(F)(F)F)cc1Cl. The predicted octanol–water partition coefficient (Wildman–Crippen LogP) is 2.96. The first-order valence-electron chi connectivity index (χ1n) is 6.15. The van der Waals surface area contributed by atoms with Gasteiger partial charge in [-0.1, -0.05) is 23.7 Å². The van der Waals surface area contributed by atoms with E-state index in [9.17, 15) is 13.2 Å². The number of hydrogen-bond donors (Lipinski definition) is 2. The van der Waals surface area contributed by atoms with Crippen molar-refractivity contribution in [3.8, 4) is 0 Å². The Morgan fingerprint density at radius 2 is 2.19 bits per heavy atom. The number of anilines is 1. The minimum absolute atomic E-state index is 0.0245. The summed E-state index contributed by atoms with van der Waals surface area (Å²) in [6.07, 6.45) is -3.76. The van der Waals surface area contributed by atoms with Gasteiger partial charge in [0.05, 0.1) is 10.6 Å². The normalized spacial score (nSPS) is 14.1. The average molecular weight is 325 g/mol. The van der Waals surface area contributed by atoms with Crippen molar-refractivity contribution in [1.29, 1.82) is 0 Å². The van der Waals surface area contributed by atoms with Gasteiger partial charge in [0, 0.05) is 25.2 Å². The molecule has 0 aliphatic carbocycles. The number of alkyl halides is 3. The van der Waals surface area contributed by atoms with Crippen LogP contribution in [0, 0.1) is 5.92 Å². The molecular formula is C12H16ClF3N4O. The highest BCUT2D eigenvalue weighted by Gasteiger charge is 2.32. The number of hydrogen-bond acceptors (Lipinski definition) is 4. The molecule has 1 atom stereocenters. The van der Waals surface area contributed by atoms with Crippen LogP contribution >= 0.6 is 11.6 Å². The first kappa shape index (κ1) is 17.4. The summed E-state index contributed by atoms with van der Waals surface area (Å²) in [4.78, 5) is 5.44. The van der Waals surface area contributed by atoms with Gasteiger partial charge in [0.1, 0.15) is 11.7 Å². The van der Waals surface area contributed by atoms with Gasteiger partial charge in [-0.15, -0.1) is 0 Å². The van der Waals surface area contributed by atoms with E-state index >= 15 is 0 Å². The molecule has 0 bridgehead atoms. The van der Waals surface area contributed by atoms with Crippen molar-refractivity contribution in [2.24, 2.45) is 16.8 Å². The fourth-order valence-electron chi connectivity index (χ4n) is 1.71. The largest absolute Gasteiger partial charge is 0.417 e. The molecule has 5 nitrogen and oxygen atoms in total. The molecule has 1 aromatic rings. The first-order chi connectivity index (χ1) is 9.70. The Hall–Kier alpha value is -1.70. The van der Waals surface area contributed by atoms with Crippen LogP contribution in [0.15, 0.2) is 17.4 Å². The molecule has 0 fully saturated rings. The van der Waals surface area contributed by atoms with Crippen LogP contribution in [0.1, 0.15) is 19.4 Å². The van der Waals surface area contributed by atoms with Crippen LogP contribution in [0.2, 0.25) is 5.02 Å². The number of pyridine rings is 1. The lowest BCUT2D eigenvalue weighted by atomic mass is 10.1. The van der Waals surface area contributed by atoms with Gasteiger partial charge < -0.3 is 15.8 Å². The number of amidine groups is 1. The van der Waals surface area contributed by atoms with E-state index in [-0.39, 0.29) is 22.6 Å². The quantitative estimate of drug-likeness (QED) is 0.378. The molecule has 9 heteroatoms. The lowest BCUT2D eigenvalue weighted by molar-refractivity contribution is -0.137. The lowest BCUT2D eigenvalue weighted by Crippen LogP contribution is -2.35. The molecule has 1 unspecified atom stereocenters. The van der Waals surface area contributed by atoms with Crippen molar-refractivity contribution in [2.75, 3.05) is 18.0 Å². The molecule has 0 aliphatic rings. The second-order valence-corrected chi connectivity index (χ2v) is 4.90. The summed E-state index contributed by atoms with van der Waals surface area (Å²) in [7, 11) is 0. The van der Waals surface area contributed by atoms with Gasteiger partial charge >= 0.3 is 6.18 Å². The molecule has 1 heterocycles. The van der Waals surface area contributed by atoms with E-state index in [1.54, 1.807) is 18.7 Å². The second kappa shape index (κ2) is 6.84. The molecular weight excluding hydrogens is 309 g/mol. The average Bonchev–Trinajstić information content (AvgIpc) is 2.42. The number of nitrogens with zero attached hydrogens (tertiary/aromatic N) is 3. The maximum Gasteiger partial charge on any atom is 0.417 e. The van der Waals surface area contributed by atoms with Crippen molar-refractivity contribution in [3.05, 3.63) is 22.8 Å². The van der Waals surface area contributed by atoms with E-state index < -0.39 is 11.7 Å². The number of rotatable bonds is 5. The third kappa shape index (κ3) is 4.38. The van der Waals surface area contributed by atoms with Gasteiger partial charge in [-0.2, -0.15) is 13.2 Å². The maximum atomic E-state index is 12.6. The van der Waals surface area contributed by atoms with E-state index in [0.717, 1.165) is 12.3 Å². The van der Waals surface area contributed by atoms with Crippen molar-refractivity contribution in [1.82, 2.24) is 4.98 Å². The van der Waals surface area contributed by atoms with Crippen LogP contribution in [0.4, 0.5) is 19.0 Å². The van der Waals surface area contributed by atoms with Crippen LogP contribution in [0.3, 0.4) is 0 Å². The second-order valence-electron chi connectivity index (χ2n) is 4.49. The highest BCUT2D eigenvalue weighted by atomic mass is 35.5. The molecule has 0 aliphatic heterocycles. The van der Waals surface area contributed by atoms with Crippen molar-refractivity contribution >= 4 is 23.3 Å². The first-order valence-corrected chi connectivity index (χ1v) is 6.53. The fraction of sp³-hybridized carbons (Fsp3) is 0.500. The van der Waals surface area contributed by atoms with E-state index in [1.165, 1.54) is 0 Å². The summed E-state index contributed by atoms with van der Waals surface area (Å²) in [5, 5.41) is 11.4. The minimum Gasteiger partial charge on any atom is -0.409 e. The molecule has 118 valence electrons. The Morgan fingerprint density at radius 1 is 1.57 bits per heavy atom. The zero-order valence-electron chi connectivity index (χ0n) is 11.5. The van der Waals surface area contributed by atoms with E-state index in [0.29, 0.717) is 13.1 Å². The number of nitrogens with two attached hydrogens (primary N) is 1. The molecule has 3 N–H and O–H groups in total. The Balaban J connectivity index is 3.02. The molecule has 0 radical (unpaired) electrons. The number of oxime groups is 1. The van der Waals surface area contributed by atoms with Gasteiger partial charge in [-0.25, -0.2) is 4.98 Å². The van der Waals surface area contributed by atoms with Gasteiger partial charge in [0.15, 0.2) is 0 Å². The van der Waals surface area contributed by atoms with E-state index in [4.69, 9.17) is 22.5 Å². The molecule has 1 rings (SSSR count). The zero-order valence-corrected chi connectivity index (χ0v) is 12.3. The molecule has 0 saturated heterocycles. The van der Waals surface area contributed by atoms with Crippen molar-refractivity contribution in [3.63, 3.8) is 0 Å². The summed E-state index contributed by atoms with van der Waals surface area (Å²) in [6.45, 7) is 4.29. The van der Waals surface area contributed by atoms with Gasteiger partial charge in [0.25, 0.3) is 0 Å². The molecule has 0 spiro atoms. The third-order valence-corrected chi connectivity index (χ3v) is 3.22. The van der Waals surface area contributed by atoms with Crippen LogP contribution in [-0.4, -0.2) is 29.1 Å². The number of aromatic nitrogens is 1. The maximum absolute atomic E-state index is 12.6. The fourth-order valence-corrected chi connectivity index (χ4v) is 1.99. The zero-order chi connectivity index (χ0) is 16.2. The molecule has 0 saturated carbocycles. The van der Waals surface area contributed by atoms with Gasteiger partial charge in [-0.3, -0.25) is 0 Å². The summed E-state index contributed by atoms with van der Waals surface area (Å²) in [5.74, 6) is -0.0589. The van der Waals surface area contributed by atoms with Crippen molar-refractivity contribution < 1.29 is 18.4 Å². The van der Waals surface area contributed by atoms with E-state index in [1.807, 2.05) is 0 Å². The summed E-state index contributed by atoms with van der Waals surface area (Å²) in [5.41, 5.74) is 4.58. The van der Waals surface area contributed by atoms with E-state index in [2.05, 4.69) is 10.1 Å². The Morgan fingerprint density at radius 3 is 2.62 bits per heavy atom. The summed E-state index contributed by atoms with van der Waals surface area (Å²) >= 11 is 5.89. The van der Waals surface area contributed by atoms with Crippen LogP contribution in [0.5, 0.6) is 0 Å². The third-order valence-electron chi connectivity index (χ3n) is 2.94. The van der Waals surface area contributed by atoms with Gasteiger partial charge in [0.2, 0.25) is 0 Å². The molecule has 1 aromatic heterocycles. The Kier molecular flexibility index (Phi) is 5.65. The monoisotopic (exact) mass is 324 g/mol. The minimum atomic E-state index is -4.49. The molecule has 21 heavy (non-hydrogen) atoms. The Bertz CT molecular complexity index is 522. The van der Waals surface area contributed by atoms with Crippen molar-refractivity contribution in [2.45, 2.75) is 20.0 Å². The Labute approximate surface area is 125 Å². The predicted molar refractivity (Wildman–Crippen MR) is 74.7 cm³/mol. The topological polar surface area (TPSA) is 74.7 Å². The highest BCUT2D eigenvalue weighted by Crippen LogP contribution is 2.33. The summed E-state index contributed by atoms with van der Waals surface area (Å²) in [6, 6.07) is 0.834. The highest BCUT2D eigenvalue weighted by molar-refractivity contribution is 6.33.